The molecule has 0 atom stereocenters. The lowest BCUT2D eigenvalue weighted by atomic mass is 10.4. The van der Waals surface area contributed by atoms with Gasteiger partial charge in [0.25, 0.3) is 10.0 Å². The Morgan fingerprint density at radius 3 is 2.68 bits per heavy atom. The first-order chi connectivity index (χ1) is 8.90. The summed E-state index contributed by atoms with van der Waals surface area (Å²) >= 11 is 5.85. The van der Waals surface area contributed by atoms with E-state index in [1.807, 2.05) is 13.8 Å². The summed E-state index contributed by atoms with van der Waals surface area (Å²) in [7, 11) is -3.75. The zero-order valence-electron chi connectivity index (χ0n) is 10.4. The molecule has 0 fully saturated rings. The van der Waals surface area contributed by atoms with Gasteiger partial charge in [-0.1, -0.05) is 11.6 Å². The van der Waals surface area contributed by atoms with Crippen molar-refractivity contribution in [1.82, 2.24) is 14.8 Å². The fourth-order valence-electron chi connectivity index (χ4n) is 1.44. The lowest BCUT2D eigenvalue weighted by Gasteiger charge is -2.07. The van der Waals surface area contributed by atoms with Gasteiger partial charge in [-0.25, -0.2) is 8.42 Å². The van der Waals surface area contributed by atoms with Gasteiger partial charge in [0.05, 0.1) is 16.9 Å². The second kappa shape index (κ2) is 5.18. The molecule has 8 heteroatoms. The Bertz CT molecular complexity index is 682. The van der Waals surface area contributed by atoms with Crippen LogP contribution in [-0.2, 0) is 10.0 Å². The summed E-state index contributed by atoms with van der Waals surface area (Å²) in [5, 5.41) is 4.18. The number of hydrogen-bond donors (Lipinski definition) is 1. The highest BCUT2D eigenvalue weighted by molar-refractivity contribution is 7.92. The largest absolute Gasteiger partial charge is 0.276 e. The minimum absolute atomic E-state index is 0.0611. The average molecular weight is 301 g/mol. The van der Waals surface area contributed by atoms with E-state index in [9.17, 15) is 8.42 Å². The van der Waals surface area contributed by atoms with Gasteiger partial charge in [0.1, 0.15) is 4.90 Å². The molecule has 102 valence electrons. The highest BCUT2D eigenvalue weighted by Gasteiger charge is 2.19. The molecule has 6 nitrogen and oxygen atoms in total. The summed E-state index contributed by atoms with van der Waals surface area (Å²) in [6.45, 7) is 3.90. The molecule has 0 unspecified atom stereocenters. The molecular formula is C11H13ClN4O2S. The molecule has 0 aliphatic heterocycles. The van der Waals surface area contributed by atoms with Crippen molar-refractivity contribution >= 4 is 27.3 Å². The van der Waals surface area contributed by atoms with Crippen LogP contribution in [0.5, 0.6) is 0 Å². The maximum Gasteiger partial charge on any atom is 0.265 e. The Balaban J connectivity index is 2.29. The molecule has 2 heterocycles. The lowest BCUT2D eigenvalue weighted by molar-refractivity contribution is 0.532. The van der Waals surface area contributed by atoms with Crippen LogP contribution in [0, 0.1) is 0 Å². The SMILES string of the molecule is CC(C)n1cc(NS(=O)(=O)c2cnccc2Cl)cn1. The zero-order chi connectivity index (χ0) is 14.0. The van der Waals surface area contributed by atoms with Gasteiger partial charge < -0.3 is 0 Å². The second-order valence-electron chi connectivity index (χ2n) is 4.21. The summed E-state index contributed by atoms with van der Waals surface area (Å²) in [6, 6.07) is 1.58. The first-order valence-electron chi connectivity index (χ1n) is 5.56. The van der Waals surface area contributed by atoms with E-state index >= 15 is 0 Å². The fraction of sp³-hybridized carbons (Fsp3) is 0.273. The molecular weight excluding hydrogens is 288 g/mol. The highest BCUT2D eigenvalue weighted by atomic mass is 35.5. The van der Waals surface area contributed by atoms with Crippen molar-refractivity contribution in [3.05, 3.63) is 35.9 Å². The number of rotatable bonds is 4. The zero-order valence-corrected chi connectivity index (χ0v) is 12.0. The molecule has 19 heavy (non-hydrogen) atoms. The Hall–Kier alpha value is -1.60. The number of nitrogens with zero attached hydrogens (tertiary/aromatic N) is 3. The van der Waals surface area contributed by atoms with Crippen LogP contribution in [0.2, 0.25) is 5.02 Å². The number of anilines is 1. The van der Waals surface area contributed by atoms with Gasteiger partial charge in [0, 0.05) is 24.6 Å². The normalized spacial score (nSPS) is 11.8. The van der Waals surface area contributed by atoms with Crippen molar-refractivity contribution in [2.24, 2.45) is 0 Å². The van der Waals surface area contributed by atoms with Gasteiger partial charge in [0.15, 0.2) is 0 Å². The predicted octanol–water partition coefficient (Wildman–Crippen LogP) is 2.31. The molecule has 0 amide bonds. The predicted molar refractivity (Wildman–Crippen MR) is 72.7 cm³/mol. The monoisotopic (exact) mass is 300 g/mol. The number of hydrogen-bond acceptors (Lipinski definition) is 4. The number of pyridine rings is 1. The van der Waals surface area contributed by atoms with Crippen LogP contribution in [0.1, 0.15) is 19.9 Å². The minimum atomic E-state index is -3.75. The van der Waals surface area contributed by atoms with E-state index in [4.69, 9.17) is 11.6 Å². The third-order valence-corrected chi connectivity index (χ3v) is 4.26. The van der Waals surface area contributed by atoms with E-state index in [1.165, 1.54) is 24.7 Å². The van der Waals surface area contributed by atoms with Crippen molar-refractivity contribution in [1.29, 1.82) is 0 Å². The highest BCUT2D eigenvalue weighted by Crippen LogP contribution is 2.22. The van der Waals surface area contributed by atoms with Gasteiger partial charge in [-0.3, -0.25) is 14.4 Å². The van der Waals surface area contributed by atoms with Crippen LogP contribution in [0.4, 0.5) is 5.69 Å². The minimum Gasteiger partial charge on any atom is -0.276 e. The van der Waals surface area contributed by atoms with Crippen LogP contribution in [-0.4, -0.2) is 23.2 Å². The number of aromatic nitrogens is 3. The van der Waals surface area contributed by atoms with Crippen molar-refractivity contribution in [2.75, 3.05) is 4.72 Å². The van der Waals surface area contributed by atoms with Gasteiger partial charge >= 0.3 is 0 Å². The third-order valence-electron chi connectivity index (χ3n) is 2.41. The molecule has 0 saturated carbocycles. The Labute approximate surface area is 116 Å². The molecule has 0 spiro atoms. The fourth-order valence-corrected chi connectivity index (χ4v) is 2.90. The van der Waals surface area contributed by atoms with Crippen LogP contribution >= 0.6 is 11.6 Å². The van der Waals surface area contributed by atoms with Crippen molar-refractivity contribution < 1.29 is 8.42 Å². The lowest BCUT2D eigenvalue weighted by Crippen LogP contribution is -2.13. The average Bonchev–Trinajstić information content (AvgIpc) is 2.77. The third kappa shape index (κ3) is 3.05. The number of sulfonamides is 1. The van der Waals surface area contributed by atoms with Crippen molar-refractivity contribution in [3.63, 3.8) is 0 Å². The summed E-state index contributed by atoms with van der Waals surface area (Å²) in [4.78, 5) is 3.70. The molecule has 0 aliphatic carbocycles. The second-order valence-corrected chi connectivity index (χ2v) is 6.27. The van der Waals surface area contributed by atoms with E-state index < -0.39 is 10.0 Å². The van der Waals surface area contributed by atoms with Crippen molar-refractivity contribution in [3.8, 4) is 0 Å². The van der Waals surface area contributed by atoms with E-state index in [0.29, 0.717) is 5.69 Å². The first kappa shape index (κ1) is 13.8. The van der Waals surface area contributed by atoms with E-state index in [2.05, 4.69) is 14.8 Å². The Kier molecular flexibility index (Phi) is 3.77. The number of nitrogens with one attached hydrogen (secondary N) is 1. The van der Waals surface area contributed by atoms with Crippen molar-refractivity contribution in [2.45, 2.75) is 24.8 Å². The maximum atomic E-state index is 12.1. The molecule has 0 aromatic carbocycles. The molecule has 2 rings (SSSR count). The van der Waals surface area contributed by atoms with Gasteiger partial charge in [-0.05, 0) is 19.9 Å². The first-order valence-corrected chi connectivity index (χ1v) is 7.43. The van der Waals surface area contributed by atoms with Crippen LogP contribution < -0.4 is 4.72 Å². The number of halogens is 1. The molecule has 0 radical (unpaired) electrons. The summed E-state index contributed by atoms with van der Waals surface area (Å²) < 4.78 is 28.3. The molecule has 0 aliphatic rings. The summed E-state index contributed by atoms with van der Waals surface area (Å²) in [5.74, 6) is 0. The van der Waals surface area contributed by atoms with Crippen LogP contribution in [0.15, 0.2) is 35.7 Å². The summed E-state index contributed by atoms with van der Waals surface area (Å²) in [6.07, 6.45) is 5.70. The van der Waals surface area contributed by atoms with Gasteiger partial charge in [-0.2, -0.15) is 5.10 Å². The van der Waals surface area contributed by atoms with E-state index in [0.717, 1.165) is 0 Å². The van der Waals surface area contributed by atoms with E-state index in [-0.39, 0.29) is 16.0 Å². The molecule has 0 saturated heterocycles. The smallest absolute Gasteiger partial charge is 0.265 e. The van der Waals surface area contributed by atoms with Crippen LogP contribution in [0.25, 0.3) is 0 Å². The van der Waals surface area contributed by atoms with E-state index in [1.54, 1.807) is 10.9 Å². The maximum absolute atomic E-state index is 12.1. The molecule has 2 aromatic rings. The van der Waals surface area contributed by atoms with Gasteiger partial charge in [0.2, 0.25) is 0 Å². The molecule has 1 N–H and O–H groups in total. The Morgan fingerprint density at radius 2 is 2.11 bits per heavy atom. The molecule has 0 bridgehead atoms. The standard InChI is InChI=1S/C11H13ClN4O2S/c1-8(2)16-7-9(5-14-16)15-19(17,18)11-6-13-4-3-10(11)12/h3-8,15H,1-2H3. The topological polar surface area (TPSA) is 76.9 Å². The Morgan fingerprint density at radius 1 is 1.37 bits per heavy atom. The van der Waals surface area contributed by atoms with Gasteiger partial charge in [-0.15, -0.1) is 0 Å². The quantitative estimate of drug-likeness (QED) is 0.940. The van der Waals surface area contributed by atoms with Crippen LogP contribution in [0.3, 0.4) is 0 Å². The summed E-state index contributed by atoms with van der Waals surface area (Å²) in [5.41, 5.74) is 0.383. The molecule has 2 aromatic heterocycles.